The van der Waals surface area contributed by atoms with E-state index in [9.17, 15) is 9.59 Å². The summed E-state index contributed by atoms with van der Waals surface area (Å²) in [5.74, 6) is 1.21. The zero-order valence-electron chi connectivity index (χ0n) is 18.4. The van der Waals surface area contributed by atoms with Crippen LogP contribution in [0.4, 0.5) is 0 Å². The molecule has 1 saturated heterocycles. The Kier molecular flexibility index (Phi) is 7.08. The van der Waals surface area contributed by atoms with Crippen molar-refractivity contribution in [1.82, 2.24) is 15.1 Å². The Balaban J connectivity index is 1.36. The van der Waals surface area contributed by atoms with Gasteiger partial charge in [-0.1, -0.05) is 55.5 Å². The number of nitrogens with zero attached hydrogens (tertiary/aromatic N) is 2. The molecule has 2 amide bonds. The first-order valence-electron chi connectivity index (χ1n) is 12.0. The highest BCUT2D eigenvalue weighted by molar-refractivity contribution is 5.82. The quantitative estimate of drug-likeness (QED) is 0.779. The van der Waals surface area contributed by atoms with E-state index in [0.717, 1.165) is 57.4 Å². The van der Waals surface area contributed by atoms with E-state index >= 15 is 0 Å². The average molecular weight is 412 g/mol. The number of aryl methyl sites for hydroxylation is 1. The normalized spacial score (nSPS) is 22.4. The molecule has 30 heavy (non-hydrogen) atoms. The molecule has 2 aliphatic carbocycles. The average Bonchev–Trinajstić information content (AvgIpc) is 3.47. The van der Waals surface area contributed by atoms with E-state index in [0.29, 0.717) is 18.4 Å². The van der Waals surface area contributed by atoms with Gasteiger partial charge in [-0.15, -0.1) is 0 Å². The van der Waals surface area contributed by atoms with E-state index in [2.05, 4.69) is 40.2 Å². The lowest BCUT2D eigenvalue weighted by atomic mass is 9.94. The van der Waals surface area contributed by atoms with Crippen molar-refractivity contribution in [1.29, 1.82) is 0 Å². The molecule has 0 bridgehead atoms. The first-order valence-corrected chi connectivity index (χ1v) is 12.0. The minimum Gasteiger partial charge on any atom is -0.351 e. The van der Waals surface area contributed by atoms with Crippen LogP contribution >= 0.6 is 0 Å². The number of hydrogen-bond acceptors (Lipinski definition) is 3. The molecular weight excluding hydrogens is 374 g/mol. The van der Waals surface area contributed by atoms with Crippen LogP contribution in [0.1, 0.15) is 62.5 Å². The second-order valence-electron chi connectivity index (χ2n) is 9.54. The number of piperazine rings is 1. The van der Waals surface area contributed by atoms with Gasteiger partial charge in [0.25, 0.3) is 0 Å². The zero-order valence-corrected chi connectivity index (χ0v) is 18.4. The predicted molar refractivity (Wildman–Crippen MR) is 119 cm³/mol. The Morgan fingerprint density at radius 3 is 2.33 bits per heavy atom. The highest BCUT2D eigenvalue weighted by atomic mass is 16.2. The number of hydrogen-bond donors (Lipinski definition) is 1. The maximum Gasteiger partial charge on any atom is 0.237 e. The van der Waals surface area contributed by atoms with Crippen LogP contribution in [0.3, 0.4) is 0 Å². The fourth-order valence-corrected chi connectivity index (χ4v) is 5.72. The van der Waals surface area contributed by atoms with Crippen molar-refractivity contribution in [2.24, 2.45) is 11.8 Å². The molecule has 5 nitrogen and oxygen atoms in total. The second kappa shape index (κ2) is 9.95. The van der Waals surface area contributed by atoms with Gasteiger partial charge in [-0.3, -0.25) is 14.5 Å². The third kappa shape index (κ3) is 5.05. The Bertz CT molecular complexity index is 730. The molecule has 0 radical (unpaired) electrons. The van der Waals surface area contributed by atoms with Gasteiger partial charge < -0.3 is 10.2 Å². The summed E-state index contributed by atoms with van der Waals surface area (Å²) in [5, 5.41) is 3.22. The lowest BCUT2D eigenvalue weighted by Gasteiger charge is -2.41. The van der Waals surface area contributed by atoms with E-state index in [-0.39, 0.29) is 17.9 Å². The molecule has 0 unspecified atom stereocenters. The number of amides is 2. The molecule has 1 aromatic carbocycles. The SMILES string of the molecule is Cc1cccc(CNC(=O)[C@@H](C2CCCC2)N2CCN(C(=O)C3CCCC3)CC2)c1. The minimum atomic E-state index is -0.0546. The largest absolute Gasteiger partial charge is 0.351 e. The minimum absolute atomic E-state index is 0.0546. The van der Waals surface area contributed by atoms with E-state index < -0.39 is 0 Å². The fraction of sp³-hybridized carbons (Fsp3) is 0.680. The van der Waals surface area contributed by atoms with E-state index in [4.69, 9.17) is 0 Å². The summed E-state index contributed by atoms with van der Waals surface area (Å²) in [5.41, 5.74) is 2.37. The zero-order chi connectivity index (χ0) is 20.9. The molecular formula is C25H37N3O2. The van der Waals surface area contributed by atoms with Crippen LogP contribution in [0.25, 0.3) is 0 Å². The van der Waals surface area contributed by atoms with E-state index in [1.807, 2.05) is 6.07 Å². The van der Waals surface area contributed by atoms with Crippen molar-refractivity contribution < 1.29 is 9.59 Å². The Labute approximate surface area is 181 Å². The molecule has 0 aromatic heterocycles. The summed E-state index contributed by atoms with van der Waals surface area (Å²) < 4.78 is 0. The van der Waals surface area contributed by atoms with Crippen LogP contribution in [-0.4, -0.2) is 53.8 Å². The topological polar surface area (TPSA) is 52.7 Å². The predicted octanol–water partition coefficient (Wildman–Crippen LogP) is 3.50. The van der Waals surface area contributed by atoms with Gasteiger partial charge >= 0.3 is 0 Å². The Morgan fingerprint density at radius 1 is 1.00 bits per heavy atom. The standard InChI is InChI=1S/C25H37N3O2/c1-19-7-6-8-20(17-19)18-26-24(29)23(21-9-2-3-10-21)27-13-15-28(16-14-27)25(30)22-11-4-5-12-22/h6-8,17,21-23H,2-5,9-16,18H2,1H3,(H,26,29)/t23-/m1/s1. The van der Waals surface area contributed by atoms with Crippen molar-refractivity contribution >= 4 is 11.8 Å². The number of nitrogens with one attached hydrogen (secondary N) is 1. The first-order chi connectivity index (χ1) is 14.6. The van der Waals surface area contributed by atoms with Crippen molar-refractivity contribution in [3.8, 4) is 0 Å². The van der Waals surface area contributed by atoms with Gasteiger partial charge in [-0.2, -0.15) is 0 Å². The van der Waals surface area contributed by atoms with Crippen molar-refractivity contribution in [2.45, 2.75) is 70.9 Å². The fourth-order valence-electron chi connectivity index (χ4n) is 5.72. The van der Waals surface area contributed by atoms with Crippen LogP contribution in [-0.2, 0) is 16.1 Å². The van der Waals surface area contributed by atoms with Gasteiger partial charge in [-0.25, -0.2) is 0 Å². The Hall–Kier alpha value is -1.88. The summed E-state index contributed by atoms with van der Waals surface area (Å²) in [6, 6.07) is 8.29. The van der Waals surface area contributed by atoms with Crippen molar-refractivity contribution in [2.75, 3.05) is 26.2 Å². The van der Waals surface area contributed by atoms with Gasteiger partial charge in [0.2, 0.25) is 11.8 Å². The maximum absolute atomic E-state index is 13.3. The van der Waals surface area contributed by atoms with Crippen LogP contribution in [0.15, 0.2) is 24.3 Å². The molecule has 4 rings (SSSR count). The third-order valence-corrected chi connectivity index (χ3v) is 7.39. The molecule has 164 valence electrons. The number of carbonyl (C=O) groups excluding carboxylic acids is 2. The third-order valence-electron chi connectivity index (χ3n) is 7.39. The second-order valence-corrected chi connectivity index (χ2v) is 9.54. The van der Waals surface area contributed by atoms with Crippen LogP contribution < -0.4 is 5.32 Å². The lowest BCUT2D eigenvalue weighted by molar-refractivity contribution is -0.138. The molecule has 1 heterocycles. The molecule has 3 fully saturated rings. The molecule has 1 N–H and O–H groups in total. The lowest BCUT2D eigenvalue weighted by Crippen LogP contribution is -2.58. The summed E-state index contributed by atoms with van der Waals surface area (Å²) >= 11 is 0. The van der Waals surface area contributed by atoms with Gasteiger partial charge in [0.05, 0.1) is 6.04 Å². The summed E-state index contributed by atoms with van der Waals surface area (Å²) in [4.78, 5) is 30.5. The van der Waals surface area contributed by atoms with Crippen molar-refractivity contribution in [3.63, 3.8) is 0 Å². The van der Waals surface area contributed by atoms with Crippen LogP contribution in [0.5, 0.6) is 0 Å². The van der Waals surface area contributed by atoms with Gasteiger partial charge in [-0.05, 0) is 44.1 Å². The van der Waals surface area contributed by atoms with Gasteiger partial charge in [0, 0.05) is 38.6 Å². The first kappa shape index (κ1) is 21.4. The summed E-state index contributed by atoms with van der Waals surface area (Å²) in [7, 11) is 0. The number of rotatable bonds is 6. The summed E-state index contributed by atoms with van der Waals surface area (Å²) in [6.45, 7) is 5.84. The summed E-state index contributed by atoms with van der Waals surface area (Å²) in [6.07, 6.45) is 9.26. The number of carbonyl (C=O) groups is 2. The monoisotopic (exact) mass is 411 g/mol. The highest BCUT2D eigenvalue weighted by Gasteiger charge is 2.38. The van der Waals surface area contributed by atoms with Crippen LogP contribution in [0.2, 0.25) is 0 Å². The molecule has 1 atom stereocenters. The molecule has 5 heteroatoms. The van der Waals surface area contributed by atoms with Crippen LogP contribution in [0, 0.1) is 18.8 Å². The maximum atomic E-state index is 13.3. The smallest absolute Gasteiger partial charge is 0.237 e. The van der Waals surface area contributed by atoms with Gasteiger partial charge in [0.1, 0.15) is 0 Å². The molecule has 3 aliphatic rings. The molecule has 1 aromatic rings. The van der Waals surface area contributed by atoms with Gasteiger partial charge in [0.15, 0.2) is 0 Å². The number of benzene rings is 1. The van der Waals surface area contributed by atoms with E-state index in [1.165, 1.54) is 31.2 Å². The van der Waals surface area contributed by atoms with Crippen molar-refractivity contribution in [3.05, 3.63) is 35.4 Å². The Morgan fingerprint density at radius 2 is 1.67 bits per heavy atom. The van der Waals surface area contributed by atoms with E-state index in [1.54, 1.807) is 0 Å². The molecule has 1 aliphatic heterocycles. The highest BCUT2D eigenvalue weighted by Crippen LogP contribution is 2.32. The molecule has 0 spiro atoms. The molecule has 2 saturated carbocycles.